The summed E-state index contributed by atoms with van der Waals surface area (Å²) in [5, 5.41) is 2.56. The summed E-state index contributed by atoms with van der Waals surface area (Å²) in [5.74, 6) is 0. The lowest BCUT2D eigenvalue weighted by Gasteiger charge is -2.15. The molecule has 0 aliphatic heterocycles. The molecule has 4 nitrogen and oxygen atoms in total. The summed E-state index contributed by atoms with van der Waals surface area (Å²) in [6.07, 6.45) is 0. The molecule has 1 aromatic rings. The van der Waals surface area contributed by atoms with Crippen LogP contribution in [0.2, 0.25) is 0 Å². The molecule has 0 aromatic heterocycles. The van der Waals surface area contributed by atoms with Crippen molar-refractivity contribution in [1.82, 2.24) is 5.32 Å². The first-order valence-electron chi connectivity index (χ1n) is 5.84. The van der Waals surface area contributed by atoms with Crippen LogP contribution in [-0.2, 0) is 10.0 Å². The van der Waals surface area contributed by atoms with Crippen molar-refractivity contribution >= 4 is 31.6 Å². The van der Waals surface area contributed by atoms with E-state index in [1.165, 1.54) is 0 Å². The third-order valence-corrected chi connectivity index (χ3v) is 4.72. The first-order chi connectivity index (χ1) is 8.35. The zero-order valence-corrected chi connectivity index (χ0v) is 13.2. The van der Waals surface area contributed by atoms with Crippen LogP contribution in [0.25, 0.3) is 0 Å². The van der Waals surface area contributed by atoms with Gasteiger partial charge in [0, 0.05) is 16.7 Å². The molecule has 0 heterocycles. The summed E-state index contributed by atoms with van der Waals surface area (Å²) in [4.78, 5) is 0. The molecule has 0 spiro atoms. The first-order valence-corrected chi connectivity index (χ1v) is 8.18. The summed E-state index contributed by atoms with van der Waals surface area (Å²) in [6.45, 7) is 6.76. The fourth-order valence-corrected chi connectivity index (χ4v) is 3.11. The Morgan fingerprint density at radius 1 is 1.33 bits per heavy atom. The number of halogens is 1. The van der Waals surface area contributed by atoms with Gasteiger partial charge >= 0.3 is 0 Å². The van der Waals surface area contributed by atoms with Gasteiger partial charge in [-0.05, 0) is 44.2 Å². The van der Waals surface area contributed by atoms with Crippen molar-refractivity contribution in [2.45, 2.75) is 26.0 Å². The molecule has 1 unspecified atom stereocenters. The van der Waals surface area contributed by atoms with E-state index in [0.717, 1.165) is 16.6 Å². The van der Waals surface area contributed by atoms with E-state index in [1.807, 2.05) is 26.0 Å². The fraction of sp³-hybridized carbons (Fsp3) is 0.500. The highest BCUT2D eigenvalue weighted by Crippen LogP contribution is 2.20. The van der Waals surface area contributed by atoms with Crippen molar-refractivity contribution in [3.05, 3.63) is 28.2 Å². The van der Waals surface area contributed by atoms with E-state index in [4.69, 9.17) is 0 Å². The molecule has 0 bridgehead atoms. The lowest BCUT2D eigenvalue weighted by atomic mass is 10.2. The molecular weight excluding hydrogens is 316 g/mol. The molecule has 6 heteroatoms. The van der Waals surface area contributed by atoms with Crippen LogP contribution in [0.5, 0.6) is 0 Å². The van der Waals surface area contributed by atoms with E-state index in [0.29, 0.717) is 12.2 Å². The molecule has 1 atom stereocenters. The van der Waals surface area contributed by atoms with Gasteiger partial charge in [-0.3, -0.25) is 4.72 Å². The Hall–Kier alpha value is -0.590. The Bertz CT molecular complexity index is 483. The Balaban J connectivity index is 2.81. The topological polar surface area (TPSA) is 58.2 Å². The van der Waals surface area contributed by atoms with Crippen LogP contribution in [0.4, 0.5) is 5.69 Å². The average Bonchev–Trinajstić information content (AvgIpc) is 2.23. The smallest absolute Gasteiger partial charge is 0.236 e. The Morgan fingerprint density at radius 2 is 2.00 bits per heavy atom. The molecule has 0 saturated heterocycles. The van der Waals surface area contributed by atoms with Crippen LogP contribution in [0.3, 0.4) is 0 Å². The SMILES string of the molecule is CCNCC(C)S(=O)(=O)Nc1cc(C)cc(Br)c1. The van der Waals surface area contributed by atoms with Crippen molar-refractivity contribution in [1.29, 1.82) is 0 Å². The van der Waals surface area contributed by atoms with Crippen molar-refractivity contribution in [2.24, 2.45) is 0 Å². The molecule has 2 N–H and O–H groups in total. The van der Waals surface area contributed by atoms with Gasteiger partial charge in [0.2, 0.25) is 10.0 Å². The van der Waals surface area contributed by atoms with Crippen LogP contribution < -0.4 is 10.0 Å². The van der Waals surface area contributed by atoms with Crippen molar-refractivity contribution in [2.75, 3.05) is 17.8 Å². The lowest BCUT2D eigenvalue weighted by Crippen LogP contribution is -2.34. The van der Waals surface area contributed by atoms with E-state index in [1.54, 1.807) is 13.0 Å². The normalized spacial score (nSPS) is 13.3. The molecule has 0 fully saturated rings. The Kier molecular flexibility index (Phi) is 5.62. The molecule has 0 saturated carbocycles. The minimum Gasteiger partial charge on any atom is -0.316 e. The monoisotopic (exact) mass is 334 g/mol. The zero-order valence-electron chi connectivity index (χ0n) is 10.8. The number of benzene rings is 1. The maximum absolute atomic E-state index is 12.1. The third kappa shape index (κ3) is 4.59. The molecule has 1 rings (SSSR count). The lowest BCUT2D eigenvalue weighted by molar-refractivity contribution is 0.579. The van der Waals surface area contributed by atoms with Gasteiger partial charge in [0.25, 0.3) is 0 Å². The third-order valence-electron chi connectivity index (χ3n) is 2.51. The largest absolute Gasteiger partial charge is 0.316 e. The van der Waals surface area contributed by atoms with Gasteiger partial charge in [-0.1, -0.05) is 22.9 Å². The van der Waals surface area contributed by atoms with E-state index in [9.17, 15) is 8.42 Å². The summed E-state index contributed by atoms with van der Waals surface area (Å²) in [7, 11) is -3.35. The first kappa shape index (κ1) is 15.5. The van der Waals surface area contributed by atoms with Crippen LogP contribution in [0, 0.1) is 6.92 Å². The fourth-order valence-electron chi connectivity index (χ4n) is 1.52. The van der Waals surface area contributed by atoms with E-state index < -0.39 is 15.3 Å². The van der Waals surface area contributed by atoms with Gasteiger partial charge in [-0.2, -0.15) is 0 Å². The maximum Gasteiger partial charge on any atom is 0.236 e. The van der Waals surface area contributed by atoms with Crippen molar-refractivity contribution in [3.8, 4) is 0 Å². The molecule has 1 aromatic carbocycles. The van der Waals surface area contributed by atoms with Crippen LogP contribution >= 0.6 is 15.9 Å². The molecule has 0 amide bonds. The summed E-state index contributed by atoms with van der Waals surface area (Å²) >= 11 is 3.35. The van der Waals surface area contributed by atoms with Crippen molar-refractivity contribution in [3.63, 3.8) is 0 Å². The number of hydrogen-bond acceptors (Lipinski definition) is 3. The van der Waals surface area contributed by atoms with Gasteiger partial charge in [0.1, 0.15) is 0 Å². The summed E-state index contributed by atoms with van der Waals surface area (Å²) in [5.41, 5.74) is 1.59. The molecule has 0 radical (unpaired) electrons. The second kappa shape index (κ2) is 6.54. The number of sulfonamides is 1. The van der Waals surface area contributed by atoms with Gasteiger partial charge < -0.3 is 5.32 Å². The standard InChI is InChI=1S/C12H19BrN2O2S/c1-4-14-8-10(3)18(16,17)15-12-6-9(2)5-11(13)7-12/h5-7,10,14-15H,4,8H2,1-3H3. The predicted molar refractivity (Wildman–Crippen MR) is 79.4 cm³/mol. The number of aryl methyl sites for hydroxylation is 1. The molecule has 0 aliphatic rings. The van der Waals surface area contributed by atoms with Gasteiger partial charge in [-0.15, -0.1) is 0 Å². The van der Waals surface area contributed by atoms with E-state index >= 15 is 0 Å². The summed E-state index contributed by atoms with van der Waals surface area (Å²) < 4.78 is 27.6. The molecule has 0 aliphatic carbocycles. The van der Waals surface area contributed by atoms with E-state index in [-0.39, 0.29) is 0 Å². The predicted octanol–water partition coefficient (Wildman–Crippen LogP) is 2.50. The number of hydrogen-bond donors (Lipinski definition) is 2. The Morgan fingerprint density at radius 3 is 2.56 bits per heavy atom. The highest BCUT2D eigenvalue weighted by molar-refractivity contribution is 9.10. The second-order valence-corrected chi connectivity index (χ2v) is 7.30. The van der Waals surface area contributed by atoms with Crippen molar-refractivity contribution < 1.29 is 8.42 Å². The number of rotatable bonds is 6. The molecular formula is C12H19BrN2O2S. The van der Waals surface area contributed by atoms with Crippen LogP contribution in [-0.4, -0.2) is 26.8 Å². The van der Waals surface area contributed by atoms with Gasteiger partial charge in [0.15, 0.2) is 0 Å². The zero-order chi connectivity index (χ0) is 13.8. The van der Waals surface area contributed by atoms with Gasteiger partial charge in [0.05, 0.1) is 5.25 Å². The minimum atomic E-state index is -3.35. The van der Waals surface area contributed by atoms with Crippen LogP contribution in [0.1, 0.15) is 19.4 Å². The average molecular weight is 335 g/mol. The highest BCUT2D eigenvalue weighted by Gasteiger charge is 2.20. The number of anilines is 1. The van der Waals surface area contributed by atoms with E-state index in [2.05, 4.69) is 26.0 Å². The van der Waals surface area contributed by atoms with Gasteiger partial charge in [-0.25, -0.2) is 8.42 Å². The summed E-state index contributed by atoms with van der Waals surface area (Å²) in [6, 6.07) is 5.49. The Labute approximate surface area is 117 Å². The van der Waals surface area contributed by atoms with Crippen LogP contribution in [0.15, 0.2) is 22.7 Å². The number of nitrogens with one attached hydrogen (secondary N) is 2. The molecule has 102 valence electrons. The quantitative estimate of drug-likeness (QED) is 0.840. The molecule has 18 heavy (non-hydrogen) atoms. The minimum absolute atomic E-state index is 0.443. The maximum atomic E-state index is 12.1. The highest BCUT2D eigenvalue weighted by atomic mass is 79.9. The second-order valence-electron chi connectivity index (χ2n) is 4.28.